The van der Waals surface area contributed by atoms with Gasteiger partial charge < -0.3 is 16.2 Å². The van der Waals surface area contributed by atoms with Gasteiger partial charge >= 0.3 is 0 Å². The molecule has 0 aromatic heterocycles. The minimum absolute atomic E-state index is 0.194. The molecule has 3 nitrogen and oxygen atoms in total. The van der Waals surface area contributed by atoms with Crippen molar-refractivity contribution in [1.29, 1.82) is 0 Å². The molecule has 2 unspecified atom stereocenters. The van der Waals surface area contributed by atoms with Crippen molar-refractivity contribution in [1.82, 2.24) is 0 Å². The summed E-state index contributed by atoms with van der Waals surface area (Å²) < 4.78 is 5.10. The molecule has 0 heterocycles. The number of ether oxygens (including phenoxy) is 1. The van der Waals surface area contributed by atoms with Gasteiger partial charge in [0.2, 0.25) is 0 Å². The molecule has 0 aromatic carbocycles. The van der Waals surface area contributed by atoms with Crippen molar-refractivity contribution in [3.8, 4) is 0 Å². The van der Waals surface area contributed by atoms with Crippen LogP contribution in [-0.2, 0) is 4.74 Å². The summed E-state index contributed by atoms with van der Waals surface area (Å²) in [5, 5.41) is 0. The van der Waals surface area contributed by atoms with Crippen LogP contribution in [0.3, 0.4) is 0 Å². The van der Waals surface area contributed by atoms with Gasteiger partial charge in [0, 0.05) is 0 Å². The van der Waals surface area contributed by atoms with Crippen molar-refractivity contribution < 1.29 is 4.74 Å². The molecule has 0 saturated heterocycles. The summed E-state index contributed by atoms with van der Waals surface area (Å²) in [4.78, 5) is 0. The Kier molecular flexibility index (Phi) is 14.0. The standard InChI is InChI=1S/C6H16N2O.C4H10/c1-3-5(7)9-6(8)4-2;1-3-4-2/h5-6H,3-4,7-8H2,1-2H3;3-4H2,1-2H3. The highest BCUT2D eigenvalue weighted by Crippen LogP contribution is 1.94. The van der Waals surface area contributed by atoms with Gasteiger partial charge in [0.1, 0.15) is 12.5 Å². The van der Waals surface area contributed by atoms with Gasteiger partial charge in [-0.25, -0.2) is 0 Å². The Morgan fingerprint density at radius 1 is 0.846 bits per heavy atom. The molecular formula is C10H26N2O. The van der Waals surface area contributed by atoms with Gasteiger partial charge in [-0.2, -0.15) is 0 Å². The van der Waals surface area contributed by atoms with Gasteiger partial charge in [0.15, 0.2) is 0 Å². The first kappa shape index (κ1) is 15.4. The molecule has 0 spiro atoms. The zero-order valence-electron chi connectivity index (χ0n) is 9.55. The van der Waals surface area contributed by atoms with E-state index in [2.05, 4.69) is 13.8 Å². The van der Waals surface area contributed by atoms with Crippen LogP contribution in [0.4, 0.5) is 0 Å². The molecule has 3 heteroatoms. The van der Waals surface area contributed by atoms with Crippen LogP contribution in [0.25, 0.3) is 0 Å². The summed E-state index contributed by atoms with van der Waals surface area (Å²) in [5.41, 5.74) is 10.9. The van der Waals surface area contributed by atoms with Crippen LogP contribution in [0.15, 0.2) is 0 Å². The van der Waals surface area contributed by atoms with Crippen LogP contribution in [0, 0.1) is 0 Å². The zero-order chi connectivity index (χ0) is 10.7. The Hall–Kier alpha value is -0.120. The van der Waals surface area contributed by atoms with Gasteiger partial charge in [-0.1, -0.05) is 40.5 Å². The lowest BCUT2D eigenvalue weighted by atomic mass is 10.4. The Balaban J connectivity index is 0. The third-order valence-corrected chi connectivity index (χ3v) is 1.65. The lowest BCUT2D eigenvalue weighted by Crippen LogP contribution is -2.33. The maximum Gasteiger partial charge on any atom is 0.107 e. The molecular weight excluding hydrogens is 164 g/mol. The van der Waals surface area contributed by atoms with E-state index in [4.69, 9.17) is 16.2 Å². The fourth-order valence-electron chi connectivity index (χ4n) is 0.417. The molecule has 0 saturated carbocycles. The van der Waals surface area contributed by atoms with E-state index < -0.39 is 0 Å². The van der Waals surface area contributed by atoms with Crippen molar-refractivity contribution >= 4 is 0 Å². The van der Waals surface area contributed by atoms with Gasteiger partial charge in [0.05, 0.1) is 0 Å². The van der Waals surface area contributed by atoms with Crippen molar-refractivity contribution in [2.75, 3.05) is 0 Å². The van der Waals surface area contributed by atoms with Gasteiger partial charge in [-0.15, -0.1) is 0 Å². The number of rotatable bonds is 5. The highest BCUT2D eigenvalue weighted by Gasteiger charge is 2.03. The van der Waals surface area contributed by atoms with Crippen molar-refractivity contribution in [3.05, 3.63) is 0 Å². The largest absolute Gasteiger partial charge is 0.346 e. The van der Waals surface area contributed by atoms with E-state index in [1.54, 1.807) is 0 Å². The Bertz CT molecular complexity index is 79.0. The summed E-state index contributed by atoms with van der Waals surface area (Å²) >= 11 is 0. The molecule has 4 N–H and O–H groups in total. The van der Waals surface area contributed by atoms with Crippen LogP contribution in [0.2, 0.25) is 0 Å². The van der Waals surface area contributed by atoms with Crippen LogP contribution in [0.5, 0.6) is 0 Å². The minimum Gasteiger partial charge on any atom is -0.346 e. The first-order valence-electron chi connectivity index (χ1n) is 5.28. The van der Waals surface area contributed by atoms with Crippen LogP contribution in [0.1, 0.15) is 53.4 Å². The fourth-order valence-corrected chi connectivity index (χ4v) is 0.417. The Morgan fingerprint density at radius 3 is 1.31 bits per heavy atom. The van der Waals surface area contributed by atoms with Crippen LogP contribution in [-0.4, -0.2) is 12.5 Å². The second-order valence-corrected chi connectivity index (χ2v) is 3.03. The predicted molar refractivity (Wildman–Crippen MR) is 58.2 cm³/mol. The molecule has 0 aromatic rings. The SMILES string of the molecule is CCC(N)OC(N)CC.CCCC. The number of nitrogens with two attached hydrogens (primary N) is 2. The predicted octanol–water partition coefficient (Wildman–Crippen LogP) is 2.20. The molecule has 0 radical (unpaired) electrons. The minimum atomic E-state index is -0.194. The first-order valence-corrected chi connectivity index (χ1v) is 5.28. The second-order valence-electron chi connectivity index (χ2n) is 3.03. The van der Waals surface area contributed by atoms with Gasteiger partial charge in [0.25, 0.3) is 0 Å². The monoisotopic (exact) mass is 190 g/mol. The van der Waals surface area contributed by atoms with Gasteiger partial charge in [-0.05, 0) is 12.8 Å². The summed E-state index contributed by atoms with van der Waals surface area (Å²) in [6.45, 7) is 8.29. The summed E-state index contributed by atoms with van der Waals surface area (Å²) in [6.07, 6.45) is 3.88. The molecule has 0 bridgehead atoms. The highest BCUT2D eigenvalue weighted by molar-refractivity contribution is 4.47. The molecule has 0 fully saturated rings. The topological polar surface area (TPSA) is 61.3 Å². The molecule has 13 heavy (non-hydrogen) atoms. The van der Waals surface area contributed by atoms with E-state index in [9.17, 15) is 0 Å². The molecule has 0 rings (SSSR count). The van der Waals surface area contributed by atoms with E-state index in [1.165, 1.54) is 12.8 Å². The van der Waals surface area contributed by atoms with E-state index in [0.717, 1.165) is 12.8 Å². The molecule has 0 aliphatic rings. The van der Waals surface area contributed by atoms with Gasteiger partial charge in [-0.3, -0.25) is 0 Å². The Labute approximate surface area is 82.8 Å². The van der Waals surface area contributed by atoms with E-state index in [1.807, 2.05) is 13.8 Å². The average Bonchev–Trinajstić information content (AvgIpc) is 2.17. The lowest BCUT2D eigenvalue weighted by molar-refractivity contribution is -0.00842. The van der Waals surface area contributed by atoms with Crippen LogP contribution < -0.4 is 11.5 Å². The normalized spacial score (nSPS) is 14.3. The fraction of sp³-hybridized carbons (Fsp3) is 1.00. The number of unbranched alkanes of at least 4 members (excludes halogenated alkanes) is 1. The van der Waals surface area contributed by atoms with Crippen molar-refractivity contribution in [2.24, 2.45) is 11.5 Å². The van der Waals surface area contributed by atoms with E-state index in [0.29, 0.717) is 0 Å². The molecule has 82 valence electrons. The average molecular weight is 190 g/mol. The smallest absolute Gasteiger partial charge is 0.107 e. The van der Waals surface area contributed by atoms with E-state index >= 15 is 0 Å². The third-order valence-electron chi connectivity index (χ3n) is 1.65. The molecule has 0 aliphatic carbocycles. The first-order chi connectivity index (χ1) is 6.12. The second kappa shape index (κ2) is 11.9. The maximum absolute atomic E-state index is 5.45. The van der Waals surface area contributed by atoms with Crippen molar-refractivity contribution in [2.45, 2.75) is 65.8 Å². The molecule has 0 aliphatic heterocycles. The maximum atomic E-state index is 5.45. The third kappa shape index (κ3) is 14.7. The number of hydrogen-bond acceptors (Lipinski definition) is 3. The summed E-state index contributed by atoms with van der Waals surface area (Å²) in [5.74, 6) is 0. The highest BCUT2D eigenvalue weighted by atomic mass is 16.5. The Morgan fingerprint density at radius 2 is 1.15 bits per heavy atom. The number of hydrogen-bond donors (Lipinski definition) is 2. The van der Waals surface area contributed by atoms with Crippen LogP contribution >= 0.6 is 0 Å². The quantitative estimate of drug-likeness (QED) is 0.653. The zero-order valence-corrected chi connectivity index (χ0v) is 9.55. The van der Waals surface area contributed by atoms with Crippen molar-refractivity contribution in [3.63, 3.8) is 0 Å². The summed E-state index contributed by atoms with van der Waals surface area (Å²) in [7, 11) is 0. The summed E-state index contributed by atoms with van der Waals surface area (Å²) in [6, 6.07) is 0. The van der Waals surface area contributed by atoms with E-state index in [-0.39, 0.29) is 12.5 Å². The lowest BCUT2D eigenvalue weighted by Gasteiger charge is -2.15. The molecule has 2 atom stereocenters. The molecule has 0 amide bonds.